The summed E-state index contributed by atoms with van der Waals surface area (Å²) in [5.74, 6) is 0.286. The molecule has 6 heteroatoms. The number of carbonyl (C=O) groups excluding carboxylic acids is 2. The molecule has 150 valence electrons. The topological polar surface area (TPSA) is 74.6 Å². The van der Waals surface area contributed by atoms with Crippen molar-refractivity contribution in [3.8, 4) is 0 Å². The lowest BCUT2D eigenvalue weighted by Gasteiger charge is -2.32. The minimum absolute atomic E-state index is 0.0616. The zero-order valence-corrected chi connectivity index (χ0v) is 16.8. The molecule has 0 bridgehead atoms. The van der Waals surface area contributed by atoms with E-state index in [9.17, 15) is 9.59 Å². The first-order valence-corrected chi connectivity index (χ1v) is 9.94. The molecule has 2 aromatic rings. The van der Waals surface area contributed by atoms with E-state index < -0.39 is 11.9 Å². The number of amides is 2. The Morgan fingerprint density at radius 3 is 2.36 bits per heavy atom. The molecule has 1 saturated heterocycles. The summed E-state index contributed by atoms with van der Waals surface area (Å²) in [4.78, 5) is 27.3. The minimum Gasteiger partial charge on any atom is -0.459 e. The molecule has 0 saturated carbocycles. The van der Waals surface area contributed by atoms with Gasteiger partial charge in [0.15, 0.2) is 5.76 Å². The van der Waals surface area contributed by atoms with Crippen LogP contribution in [0.2, 0.25) is 0 Å². The molecule has 1 aliphatic rings. The fourth-order valence-electron chi connectivity index (χ4n) is 3.40. The van der Waals surface area contributed by atoms with Crippen LogP contribution in [0, 0.1) is 11.8 Å². The van der Waals surface area contributed by atoms with Crippen molar-refractivity contribution < 1.29 is 14.0 Å². The second-order valence-electron chi connectivity index (χ2n) is 7.88. The van der Waals surface area contributed by atoms with E-state index in [1.165, 1.54) is 24.8 Å². The molecule has 3 rings (SSSR count). The average Bonchev–Trinajstić information content (AvgIpc) is 3.22. The van der Waals surface area contributed by atoms with Gasteiger partial charge in [0, 0.05) is 24.5 Å². The molecule has 1 aliphatic heterocycles. The lowest BCUT2D eigenvalue weighted by Crippen LogP contribution is -2.47. The van der Waals surface area contributed by atoms with Crippen molar-refractivity contribution in [1.29, 1.82) is 0 Å². The summed E-state index contributed by atoms with van der Waals surface area (Å²) in [5, 5.41) is 5.66. The van der Waals surface area contributed by atoms with Crippen LogP contribution in [0.25, 0.3) is 0 Å². The van der Waals surface area contributed by atoms with Gasteiger partial charge in [-0.15, -0.1) is 0 Å². The lowest BCUT2D eigenvalue weighted by atomic mass is 9.99. The molecular formula is C22H29N3O3. The molecule has 2 heterocycles. The molecule has 0 spiro atoms. The van der Waals surface area contributed by atoms with E-state index in [1.807, 2.05) is 38.1 Å². The van der Waals surface area contributed by atoms with Gasteiger partial charge in [-0.05, 0) is 61.1 Å². The second-order valence-corrected chi connectivity index (χ2v) is 7.88. The van der Waals surface area contributed by atoms with Crippen molar-refractivity contribution in [1.82, 2.24) is 5.32 Å². The van der Waals surface area contributed by atoms with E-state index in [2.05, 4.69) is 22.5 Å². The molecule has 2 amide bonds. The van der Waals surface area contributed by atoms with Gasteiger partial charge in [-0.1, -0.05) is 20.8 Å². The third kappa shape index (κ3) is 4.94. The van der Waals surface area contributed by atoms with Crippen LogP contribution < -0.4 is 15.5 Å². The Hall–Kier alpha value is -2.76. The molecule has 1 atom stereocenters. The Kier molecular flexibility index (Phi) is 6.39. The number of rotatable bonds is 6. The van der Waals surface area contributed by atoms with Gasteiger partial charge in [0.1, 0.15) is 6.04 Å². The highest BCUT2D eigenvalue weighted by atomic mass is 16.3. The first-order valence-electron chi connectivity index (χ1n) is 9.94. The maximum Gasteiger partial charge on any atom is 0.287 e. The second kappa shape index (κ2) is 8.95. The SMILES string of the molecule is CC1CCN(c2ccc(NC(=O)[C@@H](NC(=O)c3ccco3)C(C)C)cc2)CC1. The van der Waals surface area contributed by atoms with E-state index in [1.54, 1.807) is 12.1 Å². The van der Waals surface area contributed by atoms with Crippen LogP contribution >= 0.6 is 0 Å². The highest BCUT2D eigenvalue weighted by Crippen LogP contribution is 2.24. The number of anilines is 2. The summed E-state index contributed by atoms with van der Waals surface area (Å²) in [6.45, 7) is 8.23. The molecule has 6 nitrogen and oxygen atoms in total. The van der Waals surface area contributed by atoms with Crippen LogP contribution in [0.4, 0.5) is 11.4 Å². The van der Waals surface area contributed by atoms with Crippen molar-refractivity contribution in [2.24, 2.45) is 11.8 Å². The highest BCUT2D eigenvalue weighted by Gasteiger charge is 2.25. The molecule has 1 aromatic heterocycles. The van der Waals surface area contributed by atoms with Crippen molar-refractivity contribution in [2.75, 3.05) is 23.3 Å². The monoisotopic (exact) mass is 383 g/mol. The van der Waals surface area contributed by atoms with Gasteiger partial charge < -0.3 is 20.0 Å². The molecule has 1 aromatic carbocycles. The fourth-order valence-corrected chi connectivity index (χ4v) is 3.40. The minimum atomic E-state index is -0.652. The van der Waals surface area contributed by atoms with Gasteiger partial charge >= 0.3 is 0 Å². The standard InChI is InChI=1S/C22H29N3O3/c1-15(2)20(24-21(26)19-5-4-14-28-19)22(27)23-17-6-8-18(9-7-17)25-12-10-16(3)11-13-25/h4-9,14-16,20H,10-13H2,1-3H3,(H,23,27)(H,24,26)/t20-/m0/s1. The number of nitrogens with one attached hydrogen (secondary N) is 2. The van der Waals surface area contributed by atoms with Gasteiger partial charge in [-0.2, -0.15) is 0 Å². The number of hydrogen-bond donors (Lipinski definition) is 2. The largest absolute Gasteiger partial charge is 0.459 e. The van der Waals surface area contributed by atoms with Gasteiger partial charge in [0.2, 0.25) is 5.91 Å². The Morgan fingerprint density at radius 2 is 1.79 bits per heavy atom. The number of furan rings is 1. The number of piperidine rings is 1. The van der Waals surface area contributed by atoms with Crippen LogP contribution in [-0.4, -0.2) is 30.9 Å². The zero-order chi connectivity index (χ0) is 20.1. The van der Waals surface area contributed by atoms with Gasteiger partial charge in [0.25, 0.3) is 5.91 Å². The van der Waals surface area contributed by atoms with Crippen LogP contribution in [0.3, 0.4) is 0 Å². The Bertz CT molecular complexity index is 776. The van der Waals surface area contributed by atoms with Crippen molar-refractivity contribution in [3.05, 3.63) is 48.4 Å². The number of nitrogens with zero attached hydrogens (tertiary/aromatic N) is 1. The summed E-state index contributed by atoms with van der Waals surface area (Å²) < 4.78 is 5.10. The predicted molar refractivity (Wildman–Crippen MR) is 110 cm³/mol. The lowest BCUT2D eigenvalue weighted by molar-refractivity contribution is -0.118. The molecule has 0 aliphatic carbocycles. The third-order valence-corrected chi connectivity index (χ3v) is 5.26. The predicted octanol–water partition coefficient (Wildman–Crippen LogP) is 3.91. The molecular weight excluding hydrogens is 354 g/mol. The van der Waals surface area contributed by atoms with Crippen LogP contribution in [0.15, 0.2) is 47.1 Å². The van der Waals surface area contributed by atoms with E-state index in [-0.39, 0.29) is 17.6 Å². The van der Waals surface area contributed by atoms with Crippen molar-refractivity contribution >= 4 is 23.2 Å². The van der Waals surface area contributed by atoms with Gasteiger partial charge in [0.05, 0.1) is 6.26 Å². The quantitative estimate of drug-likeness (QED) is 0.793. The number of benzene rings is 1. The molecule has 1 fully saturated rings. The smallest absolute Gasteiger partial charge is 0.287 e. The first-order chi connectivity index (χ1) is 13.4. The van der Waals surface area contributed by atoms with E-state index in [0.717, 1.165) is 24.7 Å². The first kappa shape index (κ1) is 20.0. The van der Waals surface area contributed by atoms with Gasteiger partial charge in [-0.3, -0.25) is 9.59 Å². The maximum absolute atomic E-state index is 12.7. The normalized spacial score (nSPS) is 16.1. The summed E-state index contributed by atoms with van der Waals surface area (Å²) in [6, 6.07) is 10.5. The van der Waals surface area contributed by atoms with Crippen molar-refractivity contribution in [3.63, 3.8) is 0 Å². The summed E-state index contributed by atoms with van der Waals surface area (Å²) in [6.07, 6.45) is 3.86. The summed E-state index contributed by atoms with van der Waals surface area (Å²) >= 11 is 0. The summed E-state index contributed by atoms with van der Waals surface area (Å²) in [7, 11) is 0. The molecule has 2 N–H and O–H groups in total. The fraction of sp³-hybridized carbons (Fsp3) is 0.455. The van der Waals surface area contributed by atoms with Crippen LogP contribution in [-0.2, 0) is 4.79 Å². The van der Waals surface area contributed by atoms with Crippen molar-refractivity contribution in [2.45, 2.75) is 39.7 Å². The Morgan fingerprint density at radius 1 is 1.11 bits per heavy atom. The van der Waals surface area contributed by atoms with Crippen LogP contribution in [0.1, 0.15) is 44.2 Å². The highest BCUT2D eigenvalue weighted by molar-refractivity contribution is 6.00. The summed E-state index contributed by atoms with van der Waals surface area (Å²) in [5.41, 5.74) is 1.90. The van der Waals surface area contributed by atoms with Crippen LogP contribution in [0.5, 0.6) is 0 Å². The number of carbonyl (C=O) groups is 2. The van der Waals surface area contributed by atoms with Gasteiger partial charge in [-0.25, -0.2) is 0 Å². The zero-order valence-electron chi connectivity index (χ0n) is 16.8. The van der Waals surface area contributed by atoms with E-state index in [4.69, 9.17) is 4.42 Å². The van der Waals surface area contributed by atoms with E-state index >= 15 is 0 Å². The molecule has 0 unspecified atom stereocenters. The Balaban J connectivity index is 1.60. The number of hydrogen-bond acceptors (Lipinski definition) is 4. The Labute approximate surface area is 166 Å². The average molecular weight is 383 g/mol. The third-order valence-electron chi connectivity index (χ3n) is 5.26. The van der Waals surface area contributed by atoms with E-state index in [0.29, 0.717) is 0 Å². The molecule has 28 heavy (non-hydrogen) atoms. The molecule has 0 radical (unpaired) electrons. The maximum atomic E-state index is 12.7.